The third kappa shape index (κ3) is 4.30. The lowest BCUT2D eigenvalue weighted by Gasteiger charge is -2.15. The van der Waals surface area contributed by atoms with Crippen molar-refractivity contribution in [1.29, 1.82) is 0 Å². The van der Waals surface area contributed by atoms with Crippen LogP contribution in [0.15, 0.2) is 73.1 Å². The number of benzene rings is 2. The van der Waals surface area contributed by atoms with Crippen molar-refractivity contribution in [2.75, 3.05) is 18.9 Å². The molecule has 3 rings (SSSR count). The van der Waals surface area contributed by atoms with Crippen molar-refractivity contribution in [2.24, 2.45) is 0 Å². The summed E-state index contributed by atoms with van der Waals surface area (Å²) in [6.45, 7) is 0.987. The number of amides is 1. The molecule has 0 unspecified atom stereocenters. The zero-order chi connectivity index (χ0) is 16.8. The summed E-state index contributed by atoms with van der Waals surface area (Å²) in [6.07, 6.45) is 3.82. The molecule has 0 fully saturated rings. The van der Waals surface area contributed by atoms with Gasteiger partial charge in [0.05, 0.1) is 18.4 Å². The number of rotatable bonds is 6. The van der Waals surface area contributed by atoms with E-state index in [1.807, 2.05) is 89.7 Å². The van der Waals surface area contributed by atoms with Crippen molar-refractivity contribution in [2.45, 2.75) is 6.54 Å². The lowest BCUT2D eigenvalue weighted by molar-refractivity contribution is -0.117. The van der Waals surface area contributed by atoms with Crippen LogP contribution in [-0.2, 0) is 11.3 Å². The van der Waals surface area contributed by atoms with Gasteiger partial charge in [0.25, 0.3) is 0 Å². The molecule has 1 heterocycles. The maximum Gasteiger partial charge on any atom is 0.238 e. The Labute approximate surface area is 141 Å². The zero-order valence-electron chi connectivity index (χ0n) is 13.6. The molecule has 0 radical (unpaired) electrons. The molecule has 5 nitrogen and oxygen atoms in total. The third-order valence-electron chi connectivity index (χ3n) is 3.58. The molecule has 0 atom stereocenters. The molecule has 2 aromatic carbocycles. The lowest BCUT2D eigenvalue weighted by Crippen LogP contribution is -2.29. The van der Waals surface area contributed by atoms with Gasteiger partial charge in [-0.3, -0.25) is 9.69 Å². The second-order valence-electron chi connectivity index (χ2n) is 5.72. The van der Waals surface area contributed by atoms with Gasteiger partial charge >= 0.3 is 0 Å². The minimum Gasteiger partial charge on any atom is -0.325 e. The Morgan fingerprint density at radius 2 is 1.75 bits per heavy atom. The number of nitrogens with one attached hydrogen (secondary N) is 1. The summed E-state index contributed by atoms with van der Waals surface area (Å²) >= 11 is 0. The molecule has 0 spiro atoms. The van der Waals surface area contributed by atoms with E-state index in [4.69, 9.17) is 0 Å². The Hall–Kier alpha value is -2.92. The van der Waals surface area contributed by atoms with E-state index >= 15 is 0 Å². The first kappa shape index (κ1) is 16.0. The molecule has 24 heavy (non-hydrogen) atoms. The number of hydrogen-bond acceptors (Lipinski definition) is 3. The number of nitrogens with zero attached hydrogens (tertiary/aromatic N) is 3. The fourth-order valence-electron chi connectivity index (χ4n) is 2.50. The van der Waals surface area contributed by atoms with Crippen LogP contribution >= 0.6 is 0 Å². The van der Waals surface area contributed by atoms with E-state index in [1.165, 1.54) is 0 Å². The number of anilines is 1. The average Bonchev–Trinajstić information content (AvgIpc) is 3.04. The van der Waals surface area contributed by atoms with E-state index in [9.17, 15) is 4.79 Å². The van der Waals surface area contributed by atoms with Crippen molar-refractivity contribution >= 4 is 11.6 Å². The van der Waals surface area contributed by atoms with E-state index < -0.39 is 0 Å². The predicted molar refractivity (Wildman–Crippen MR) is 95.0 cm³/mol. The molecule has 0 aliphatic rings. The molecule has 0 aliphatic heterocycles. The smallest absolute Gasteiger partial charge is 0.238 e. The van der Waals surface area contributed by atoms with Crippen LogP contribution in [0.3, 0.4) is 0 Å². The minimum atomic E-state index is -0.0286. The van der Waals surface area contributed by atoms with Crippen LogP contribution in [0.1, 0.15) is 5.56 Å². The molecule has 0 saturated heterocycles. The summed E-state index contributed by atoms with van der Waals surface area (Å²) in [5, 5.41) is 7.26. The highest BCUT2D eigenvalue weighted by atomic mass is 16.2. The number of para-hydroxylation sites is 2. The van der Waals surface area contributed by atoms with E-state index in [2.05, 4.69) is 10.4 Å². The van der Waals surface area contributed by atoms with E-state index in [-0.39, 0.29) is 5.91 Å². The van der Waals surface area contributed by atoms with Gasteiger partial charge in [-0.1, -0.05) is 36.4 Å². The molecule has 0 bridgehead atoms. The number of likely N-dealkylation sites (N-methyl/N-ethyl adjacent to an activating group) is 1. The monoisotopic (exact) mass is 320 g/mol. The normalized spacial score (nSPS) is 10.8. The maximum absolute atomic E-state index is 12.1. The minimum absolute atomic E-state index is 0.0286. The first-order valence-corrected chi connectivity index (χ1v) is 7.83. The first-order chi connectivity index (χ1) is 11.7. The van der Waals surface area contributed by atoms with Crippen molar-refractivity contribution < 1.29 is 4.79 Å². The summed E-state index contributed by atoms with van der Waals surface area (Å²) in [5.74, 6) is -0.0286. The van der Waals surface area contributed by atoms with Crippen LogP contribution in [-0.4, -0.2) is 34.2 Å². The van der Waals surface area contributed by atoms with Gasteiger partial charge in [0, 0.05) is 24.0 Å². The summed E-state index contributed by atoms with van der Waals surface area (Å²) in [6, 6.07) is 19.4. The fraction of sp³-hybridized carbons (Fsp3) is 0.158. The van der Waals surface area contributed by atoms with Gasteiger partial charge in [0.1, 0.15) is 0 Å². The van der Waals surface area contributed by atoms with Crippen LogP contribution in [0, 0.1) is 0 Å². The van der Waals surface area contributed by atoms with Gasteiger partial charge in [-0.2, -0.15) is 5.10 Å². The summed E-state index contributed by atoms with van der Waals surface area (Å²) < 4.78 is 1.84. The third-order valence-corrected chi connectivity index (χ3v) is 3.58. The number of carbonyl (C=O) groups is 1. The van der Waals surface area contributed by atoms with Crippen LogP contribution in [0.2, 0.25) is 0 Å². The predicted octanol–water partition coefficient (Wildman–Crippen LogP) is 2.94. The van der Waals surface area contributed by atoms with Crippen LogP contribution in [0.4, 0.5) is 5.69 Å². The number of aromatic nitrogens is 2. The molecule has 1 amide bonds. The fourth-order valence-corrected chi connectivity index (χ4v) is 2.50. The highest BCUT2D eigenvalue weighted by Gasteiger charge is 2.09. The van der Waals surface area contributed by atoms with Crippen LogP contribution in [0.25, 0.3) is 5.69 Å². The lowest BCUT2D eigenvalue weighted by atomic mass is 10.3. The van der Waals surface area contributed by atoms with Crippen LogP contribution < -0.4 is 5.32 Å². The van der Waals surface area contributed by atoms with Crippen molar-refractivity contribution in [1.82, 2.24) is 14.7 Å². The number of carbonyl (C=O) groups excluding carboxylic acids is 1. The second kappa shape index (κ2) is 7.57. The first-order valence-electron chi connectivity index (χ1n) is 7.83. The zero-order valence-corrected chi connectivity index (χ0v) is 13.6. The summed E-state index contributed by atoms with van der Waals surface area (Å²) in [7, 11) is 1.92. The molecule has 3 aromatic rings. The Balaban J connectivity index is 1.54. The summed E-state index contributed by atoms with van der Waals surface area (Å²) in [5.41, 5.74) is 2.90. The van der Waals surface area contributed by atoms with E-state index in [0.29, 0.717) is 13.1 Å². The average molecular weight is 320 g/mol. The van der Waals surface area contributed by atoms with Gasteiger partial charge in [0.15, 0.2) is 0 Å². The van der Waals surface area contributed by atoms with Crippen molar-refractivity contribution in [3.05, 3.63) is 78.6 Å². The molecular weight excluding hydrogens is 300 g/mol. The van der Waals surface area contributed by atoms with Gasteiger partial charge < -0.3 is 5.32 Å². The van der Waals surface area contributed by atoms with E-state index in [1.54, 1.807) is 0 Å². The molecule has 122 valence electrons. The maximum atomic E-state index is 12.1. The van der Waals surface area contributed by atoms with Gasteiger partial charge in [-0.25, -0.2) is 4.68 Å². The Morgan fingerprint density at radius 3 is 2.46 bits per heavy atom. The van der Waals surface area contributed by atoms with Gasteiger partial charge in [-0.15, -0.1) is 0 Å². The van der Waals surface area contributed by atoms with Crippen molar-refractivity contribution in [3.63, 3.8) is 0 Å². The quantitative estimate of drug-likeness (QED) is 0.760. The summed E-state index contributed by atoms with van der Waals surface area (Å²) in [4.78, 5) is 14.0. The largest absolute Gasteiger partial charge is 0.325 e. The highest BCUT2D eigenvalue weighted by molar-refractivity contribution is 5.92. The highest BCUT2D eigenvalue weighted by Crippen LogP contribution is 2.09. The molecular formula is C19H20N4O. The second-order valence-corrected chi connectivity index (χ2v) is 5.72. The Bertz CT molecular complexity index is 783. The molecule has 5 heteroatoms. The molecule has 1 N–H and O–H groups in total. The van der Waals surface area contributed by atoms with E-state index in [0.717, 1.165) is 16.9 Å². The number of hydrogen-bond donors (Lipinski definition) is 1. The Morgan fingerprint density at radius 1 is 1.08 bits per heavy atom. The topological polar surface area (TPSA) is 50.2 Å². The van der Waals surface area contributed by atoms with Gasteiger partial charge in [0.2, 0.25) is 5.91 Å². The molecule has 0 saturated carbocycles. The van der Waals surface area contributed by atoms with Crippen molar-refractivity contribution in [3.8, 4) is 5.69 Å². The molecule has 1 aromatic heterocycles. The molecule has 0 aliphatic carbocycles. The standard InChI is InChI=1S/C19H20N4O/c1-22(15-19(24)21-17-8-4-2-5-9-17)13-16-12-20-23(14-16)18-10-6-3-7-11-18/h2-12,14H,13,15H2,1H3,(H,21,24). The van der Waals surface area contributed by atoms with Crippen LogP contribution in [0.5, 0.6) is 0 Å². The van der Waals surface area contributed by atoms with Gasteiger partial charge in [-0.05, 0) is 31.3 Å². The SMILES string of the molecule is CN(CC(=O)Nc1ccccc1)Cc1cnn(-c2ccccc2)c1. The Kier molecular flexibility index (Phi) is 5.03.